The molecule has 94 valence electrons. The van der Waals surface area contributed by atoms with Gasteiger partial charge in [-0.1, -0.05) is 6.92 Å². The van der Waals surface area contributed by atoms with Gasteiger partial charge in [-0.15, -0.1) is 0 Å². The molecule has 1 amide bonds. The summed E-state index contributed by atoms with van der Waals surface area (Å²) in [6.07, 6.45) is 4.61. The number of nitrogens with one attached hydrogen (secondary N) is 2. The normalized spacial score (nSPS) is 10.0. The number of carbonyl (C=O) groups excluding carboxylic acids is 1. The minimum Gasteiger partial charge on any atom is -0.396 e. The Morgan fingerprint density at radius 3 is 2.88 bits per heavy atom. The smallest absolute Gasteiger partial charge is 0.221 e. The maximum atomic E-state index is 11.4. The standard InChI is InChI=1S/C11H17BrN4O/c1-2-4-15-10(17)3-5-16-11-8(12)6-14-7-9(11)13/h6-7H,2-5,13H2,1H3,(H,14,16)(H,15,17). The molecule has 0 aliphatic heterocycles. The van der Waals surface area contributed by atoms with Crippen molar-refractivity contribution in [1.29, 1.82) is 0 Å². The fourth-order valence-corrected chi connectivity index (χ4v) is 1.78. The number of aromatic nitrogens is 1. The summed E-state index contributed by atoms with van der Waals surface area (Å²) in [7, 11) is 0. The van der Waals surface area contributed by atoms with E-state index in [1.807, 2.05) is 6.92 Å². The first-order valence-electron chi connectivity index (χ1n) is 5.54. The zero-order chi connectivity index (χ0) is 12.7. The monoisotopic (exact) mass is 300 g/mol. The fraction of sp³-hybridized carbons (Fsp3) is 0.455. The van der Waals surface area contributed by atoms with Crippen molar-refractivity contribution in [2.75, 3.05) is 24.1 Å². The van der Waals surface area contributed by atoms with Crippen molar-refractivity contribution in [1.82, 2.24) is 10.3 Å². The van der Waals surface area contributed by atoms with Crippen LogP contribution in [0.4, 0.5) is 11.4 Å². The zero-order valence-electron chi connectivity index (χ0n) is 9.79. The van der Waals surface area contributed by atoms with Crippen LogP contribution in [0.15, 0.2) is 16.9 Å². The highest BCUT2D eigenvalue weighted by Crippen LogP contribution is 2.26. The van der Waals surface area contributed by atoms with Crippen molar-refractivity contribution in [3.8, 4) is 0 Å². The molecule has 5 nitrogen and oxygen atoms in total. The van der Waals surface area contributed by atoms with Crippen molar-refractivity contribution in [3.05, 3.63) is 16.9 Å². The predicted molar refractivity (Wildman–Crippen MR) is 72.8 cm³/mol. The fourth-order valence-electron chi connectivity index (χ4n) is 1.29. The summed E-state index contributed by atoms with van der Waals surface area (Å²) in [6, 6.07) is 0. The molecule has 0 aliphatic carbocycles. The van der Waals surface area contributed by atoms with Gasteiger partial charge in [0.25, 0.3) is 0 Å². The molecule has 4 N–H and O–H groups in total. The SMILES string of the molecule is CCCNC(=O)CCNc1c(N)cncc1Br. The molecule has 1 aromatic heterocycles. The number of hydrogen-bond donors (Lipinski definition) is 3. The number of anilines is 2. The second-order valence-corrected chi connectivity index (χ2v) is 4.47. The Morgan fingerprint density at radius 1 is 1.47 bits per heavy atom. The summed E-state index contributed by atoms with van der Waals surface area (Å²) in [5.74, 6) is 0.0445. The predicted octanol–water partition coefficient (Wildman–Crippen LogP) is 1.75. The summed E-state index contributed by atoms with van der Waals surface area (Å²) in [4.78, 5) is 15.3. The number of nitrogens with two attached hydrogens (primary N) is 1. The van der Waals surface area contributed by atoms with Crippen LogP contribution in [-0.2, 0) is 4.79 Å². The van der Waals surface area contributed by atoms with E-state index in [1.165, 1.54) is 0 Å². The zero-order valence-corrected chi connectivity index (χ0v) is 11.4. The topological polar surface area (TPSA) is 80.0 Å². The summed E-state index contributed by atoms with van der Waals surface area (Å²) >= 11 is 3.35. The minimum absolute atomic E-state index is 0.0445. The summed E-state index contributed by atoms with van der Waals surface area (Å²) in [5, 5.41) is 5.93. The van der Waals surface area contributed by atoms with Gasteiger partial charge >= 0.3 is 0 Å². The Balaban J connectivity index is 2.38. The Hall–Kier alpha value is -1.30. The molecular formula is C11H17BrN4O. The van der Waals surface area contributed by atoms with Crippen LogP contribution in [0.3, 0.4) is 0 Å². The number of nitrogen functional groups attached to an aromatic ring is 1. The maximum absolute atomic E-state index is 11.4. The van der Waals surface area contributed by atoms with E-state index in [4.69, 9.17) is 5.73 Å². The number of amides is 1. The average Bonchev–Trinajstić information content (AvgIpc) is 2.30. The molecule has 0 radical (unpaired) electrons. The van der Waals surface area contributed by atoms with Gasteiger partial charge in [0.05, 0.1) is 22.0 Å². The van der Waals surface area contributed by atoms with Gasteiger partial charge in [-0.3, -0.25) is 9.78 Å². The van der Waals surface area contributed by atoms with Gasteiger partial charge in [-0.25, -0.2) is 0 Å². The number of carbonyl (C=O) groups is 1. The first-order valence-corrected chi connectivity index (χ1v) is 6.34. The van der Waals surface area contributed by atoms with Gasteiger partial charge < -0.3 is 16.4 Å². The molecule has 1 aromatic rings. The van der Waals surface area contributed by atoms with Crippen molar-refractivity contribution in [2.45, 2.75) is 19.8 Å². The lowest BCUT2D eigenvalue weighted by atomic mass is 10.3. The highest BCUT2D eigenvalue weighted by Gasteiger charge is 2.05. The third-order valence-electron chi connectivity index (χ3n) is 2.16. The molecule has 0 aliphatic rings. The van der Waals surface area contributed by atoms with Crippen LogP contribution in [-0.4, -0.2) is 24.0 Å². The second kappa shape index (κ2) is 7.11. The van der Waals surface area contributed by atoms with E-state index in [1.54, 1.807) is 12.4 Å². The van der Waals surface area contributed by atoms with E-state index >= 15 is 0 Å². The first kappa shape index (κ1) is 13.8. The Kier molecular flexibility index (Phi) is 5.76. The van der Waals surface area contributed by atoms with E-state index in [-0.39, 0.29) is 5.91 Å². The Bertz CT molecular complexity index is 363. The van der Waals surface area contributed by atoms with E-state index in [9.17, 15) is 4.79 Å². The van der Waals surface area contributed by atoms with E-state index in [0.29, 0.717) is 18.7 Å². The molecule has 1 rings (SSSR count). The van der Waals surface area contributed by atoms with Crippen molar-refractivity contribution < 1.29 is 4.79 Å². The number of hydrogen-bond acceptors (Lipinski definition) is 4. The van der Waals surface area contributed by atoms with Gasteiger partial charge in [0.15, 0.2) is 0 Å². The van der Waals surface area contributed by atoms with Gasteiger partial charge in [0, 0.05) is 25.7 Å². The van der Waals surface area contributed by atoms with Crippen molar-refractivity contribution >= 4 is 33.2 Å². The molecule has 0 bridgehead atoms. The molecule has 6 heteroatoms. The van der Waals surface area contributed by atoms with Crippen LogP contribution in [0.1, 0.15) is 19.8 Å². The van der Waals surface area contributed by atoms with Crippen molar-refractivity contribution in [2.24, 2.45) is 0 Å². The van der Waals surface area contributed by atoms with Crippen molar-refractivity contribution in [3.63, 3.8) is 0 Å². The van der Waals surface area contributed by atoms with Crippen LogP contribution >= 0.6 is 15.9 Å². The lowest BCUT2D eigenvalue weighted by Crippen LogP contribution is -2.26. The van der Waals surface area contributed by atoms with E-state index < -0.39 is 0 Å². The van der Waals surface area contributed by atoms with Crippen LogP contribution in [0, 0.1) is 0 Å². The second-order valence-electron chi connectivity index (χ2n) is 3.61. The molecule has 0 aromatic carbocycles. The maximum Gasteiger partial charge on any atom is 0.221 e. The van der Waals surface area contributed by atoms with Gasteiger partial charge in [-0.2, -0.15) is 0 Å². The molecule has 0 fully saturated rings. The lowest BCUT2D eigenvalue weighted by molar-refractivity contribution is -0.120. The number of halogens is 1. The van der Waals surface area contributed by atoms with Crippen LogP contribution in [0.2, 0.25) is 0 Å². The first-order chi connectivity index (χ1) is 8.15. The molecule has 17 heavy (non-hydrogen) atoms. The quantitative estimate of drug-likeness (QED) is 0.748. The Labute approximate surface area is 109 Å². The third-order valence-corrected chi connectivity index (χ3v) is 2.76. The summed E-state index contributed by atoms with van der Waals surface area (Å²) < 4.78 is 0.798. The van der Waals surface area contributed by atoms with Gasteiger partial charge in [-0.05, 0) is 22.4 Å². The number of rotatable bonds is 6. The lowest BCUT2D eigenvalue weighted by Gasteiger charge is -2.10. The van der Waals surface area contributed by atoms with Crippen LogP contribution < -0.4 is 16.4 Å². The highest BCUT2D eigenvalue weighted by atomic mass is 79.9. The molecule has 0 saturated carbocycles. The molecule has 0 atom stereocenters. The van der Waals surface area contributed by atoms with E-state index in [2.05, 4.69) is 31.5 Å². The number of pyridine rings is 1. The molecule has 0 unspecified atom stereocenters. The summed E-state index contributed by atoms with van der Waals surface area (Å²) in [6.45, 7) is 3.29. The molecular weight excluding hydrogens is 284 g/mol. The Morgan fingerprint density at radius 2 is 2.24 bits per heavy atom. The average molecular weight is 301 g/mol. The number of nitrogens with zero attached hydrogens (tertiary/aromatic N) is 1. The summed E-state index contributed by atoms with van der Waals surface area (Å²) in [5.41, 5.74) is 7.11. The third kappa shape index (κ3) is 4.60. The van der Waals surface area contributed by atoms with Crippen LogP contribution in [0.25, 0.3) is 0 Å². The highest BCUT2D eigenvalue weighted by molar-refractivity contribution is 9.10. The van der Waals surface area contributed by atoms with Gasteiger partial charge in [0.1, 0.15) is 0 Å². The minimum atomic E-state index is 0.0445. The molecule has 0 spiro atoms. The van der Waals surface area contributed by atoms with E-state index in [0.717, 1.165) is 23.1 Å². The molecule has 1 heterocycles. The van der Waals surface area contributed by atoms with Crippen LogP contribution in [0.5, 0.6) is 0 Å². The van der Waals surface area contributed by atoms with Gasteiger partial charge in [0.2, 0.25) is 5.91 Å². The molecule has 0 saturated heterocycles. The largest absolute Gasteiger partial charge is 0.396 e.